The zero-order chi connectivity index (χ0) is 16.9. The van der Waals surface area contributed by atoms with Crippen LogP contribution in [0.3, 0.4) is 0 Å². The highest BCUT2D eigenvalue weighted by atomic mass is 32.2. The molecule has 0 bridgehead atoms. The van der Waals surface area contributed by atoms with Gasteiger partial charge in [0.05, 0.1) is 28.7 Å². The van der Waals surface area contributed by atoms with Crippen molar-refractivity contribution < 1.29 is 4.74 Å². The molecule has 0 saturated heterocycles. The zero-order valence-electron chi connectivity index (χ0n) is 14.5. The molecule has 0 aliphatic carbocycles. The predicted molar refractivity (Wildman–Crippen MR) is 103 cm³/mol. The summed E-state index contributed by atoms with van der Waals surface area (Å²) in [4.78, 5) is 9.62. The minimum atomic E-state index is 0.305. The average Bonchev–Trinajstić information content (AvgIpc) is 2.60. The van der Waals surface area contributed by atoms with Gasteiger partial charge in [-0.1, -0.05) is 36.4 Å². The Morgan fingerprint density at radius 3 is 2.54 bits per heavy atom. The molecular formula is C20H23N2OS+. The number of aryl methyl sites for hydroxylation is 2. The van der Waals surface area contributed by atoms with Gasteiger partial charge in [0.2, 0.25) is 5.94 Å². The lowest BCUT2D eigenvalue weighted by atomic mass is 10.1. The Hall–Kier alpha value is -1.91. The third kappa shape index (κ3) is 3.94. The monoisotopic (exact) mass is 339 g/mol. The zero-order valence-corrected chi connectivity index (χ0v) is 15.3. The first-order valence-electron chi connectivity index (χ1n) is 8.08. The molecule has 1 heterocycles. The molecule has 24 heavy (non-hydrogen) atoms. The second-order valence-electron chi connectivity index (χ2n) is 5.99. The number of hydrogen-bond acceptors (Lipinski definition) is 3. The minimum absolute atomic E-state index is 0.305. The molecule has 4 heteroatoms. The Kier molecular flexibility index (Phi) is 5.48. The molecule has 0 aliphatic heterocycles. The van der Waals surface area contributed by atoms with Crippen molar-refractivity contribution in [3.63, 3.8) is 0 Å². The SMILES string of the molecule is COC[S+](C)CCc1ccc2nc(-c3ccccc3)c(C)nc2c1. The van der Waals surface area contributed by atoms with Crippen molar-refractivity contribution in [3.05, 3.63) is 59.8 Å². The second kappa shape index (κ2) is 7.77. The quantitative estimate of drug-likeness (QED) is 0.637. The van der Waals surface area contributed by atoms with E-state index in [4.69, 9.17) is 14.7 Å². The lowest BCUT2D eigenvalue weighted by Gasteiger charge is -2.08. The van der Waals surface area contributed by atoms with E-state index in [1.807, 2.05) is 25.1 Å². The molecular weight excluding hydrogens is 316 g/mol. The fraction of sp³-hybridized carbons (Fsp3) is 0.300. The Balaban J connectivity index is 1.86. The van der Waals surface area contributed by atoms with Crippen molar-refractivity contribution in [3.8, 4) is 11.3 Å². The first-order valence-corrected chi connectivity index (χ1v) is 10.1. The molecule has 3 nitrogen and oxygen atoms in total. The van der Waals surface area contributed by atoms with Gasteiger partial charge in [-0.3, -0.25) is 0 Å². The Bertz CT molecular complexity index is 820. The molecule has 3 aromatic rings. The van der Waals surface area contributed by atoms with Gasteiger partial charge in [0.25, 0.3) is 0 Å². The molecule has 0 N–H and O–H groups in total. The summed E-state index contributed by atoms with van der Waals surface area (Å²) in [6.45, 7) is 2.03. The van der Waals surface area contributed by atoms with E-state index in [0.29, 0.717) is 10.9 Å². The van der Waals surface area contributed by atoms with Crippen LogP contribution in [0, 0.1) is 6.92 Å². The lowest BCUT2D eigenvalue weighted by molar-refractivity contribution is 0.257. The van der Waals surface area contributed by atoms with Gasteiger partial charge in [0.1, 0.15) is 5.75 Å². The van der Waals surface area contributed by atoms with Crippen molar-refractivity contribution in [2.24, 2.45) is 0 Å². The van der Waals surface area contributed by atoms with E-state index in [1.165, 1.54) is 5.56 Å². The molecule has 1 unspecified atom stereocenters. The number of aromatic nitrogens is 2. The molecule has 3 rings (SSSR count). The van der Waals surface area contributed by atoms with Crippen LogP contribution in [0.5, 0.6) is 0 Å². The van der Waals surface area contributed by atoms with E-state index in [2.05, 4.69) is 36.6 Å². The molecule has 1 aromatic heterocycles. The highest BCUT2D eigenvalue weighted by Crippen LogP contribution is 2.23. The third-order valence-corrected chi connectivity index (χ3v) is 5.55. The topological polar surface area (TPSA) is 35.0 Å². The van der Waals surface area contributed by atoms with Gasteiger partial charge < -0.3 is 4.74 Å². The number of nitrogens with zero attached hydrogens (tertiary/aromatic N) is 2. The first-order chi connectivity index (χ1) is 11.7. The van der Waals surface area contributed by atoms with Gasteiger partial charge in [-0.25, -0.2) is 9.97 Å². The average molecular weight is 339 g/mol. The van der Waals surface area contributed by atoms with Crippen LogP contribution in [-0.4, -0.2) is 35.0 Å². The molecule has 0 saturated carbocycles. The normalized spacial score (nSPS) is 12.5. The van der Waals surface area contributed by atoms with E-state index < -0.39 is 0 Å². The maximum atomic E-state index is 5.22. The van der Waals surface area contributed by atoms with Crippen molar-refractivity contribution in [1.82, 2.24) is 9.97 Å². The fourth-order valence-electron chi connectivity index (χ4n) is 2.77. The molecule has 124 valence electrons. The van der Waals surface area contributed by atoms with Crippen molar-refractivity contribution in [2.45, 2.75) is 13.3 Å². The molecule has 0 amide bonds. The summed E-state index contributed by atoms with van der Waals surface area (Å²) < 4.78 is 5.22. The van der Waals surface area contributed by atoms with Crippen LogP contribution >= 0.6 is 0 Å². The van der Waals surface area contributed by atoms with Crippen LogP contribution in [0.1, 0.15) is 11.3 Å². The maximum absolute atomic E-state index is 5.22. The minimum Gasteiger partial charge on any atom is -0.339 e. The van der Waals surface area contributed by atoms with Crippen molar-refractivity contribution >= 4 is 21.9 Å². The molecule has 0 spiro atoms. The molecule has 2 aromatic carbocycles. The number of fused-ring (bicyclic) bond motifs is 1. The Labute approximate surface area is 146 Å². The number of hydrogen-bond donors (Lipinski definition) is 0. The fourth-order valence-corrected chi connectivity index (χ4v) is 3.87. The molecule has 0 fully saturated rings. The lowest BCUT2D eigenvalue weighted by Crippen LogP contribution is -2.13. The largest absolute Gasteiger partial charge is 0.339 e. The van der Waals surface area contributed by atoms with Crippen molar-refractivity contribution in [1.29, 1.82) is 0 Å². The van der Waals surface area contributed by atoms with Gasteiger partial charge in [0.15, 0.2) is 0 Å². The summed E-state index contributed by atoms with van der Waals surface area (Å²) in [5.74, 6) is 1.99. The van der Waals surface area contributed by atoms with Crippen LogP contribution < -0.4 is 0 Å². The van der Waals surface area contributed by atoms with E-state index in [9.17, 15) is 0 Å². The van der Waals surface area contributed by atoms with Crippen LogP contribution in [0.2, 0.25) is 0 Å². The highest BCUT2D eigenvalue weighted by molar-refractivity contribution is 7.96. The standard InChI is InChI=1S/C20H23N2OS/c1-15-20(17-7-5-4-6-8-17)22-18-10-9-16(13-19(18)21-15)11-12-24(3)14-23-2/h4-10,13H,11-12,14H2,1-3H3/q+1. The summed E-state index contributed by atoms with van der Waals surface area (Å²) in [6.07, 6.45) is 3.31. The summed E-state index contributed by atoms with van der Waals surface area (Å²) >= 11 is 0. The Morgan fingerprint density at radius 2 is 1.79 bits per heavy atom. The van der Waals surface area contributed by atoms with Gasteiger partial charge in [0, 0.05) is 30.0 Å². The summed E-state index contributed by atoms with van der Waals surface area (Å²) in [7, 11) is 2.07. The van der Waals surface area contributed by atoms with E-state index in [-0.39, 0.29) is 0 Å². The number of rotatable bonds is 6. The molecule has 0 radical (unpaired) electrons. The van der Waals surface area contributed by atoms with Gasteiger partial charge >= 0.3 is 0 Å². The Morgan fingerprint density at radius 1 is 1.00 bits per heavy atom. The smallest absolute Gasteiger partial charge is 0.207 e. The summed E-state index contributed by atoms with van der Waals surface area (Å²) in [5, 5.41) is 0. The van der Waals surface area contributed by atoms with Gasteiger partial charge in [-0.2, -0.15) is 0 Å². The first kappa shape index (κ1) is 16.9. The maximum Gasteiger partial charge on any atom is 0.207 e. The van der Waals surface area contributed by atoms with Gasteiger partial charge in [-0.15, -0.1) is 0 Å². The van der Waals surface area contributed by atoms with Crippen LogP contribution in [-0.2, 0) is 22.1 Å². The molecule has 0 aliphatic rings. The predicted octanol–water partition coefficient (Wildman–Crippen LogP) is 4.00. The van der Waals surface area contributed by atoms with Crippen molar-refractivity contribution in [2.75, 3.05) is 25.1 Å². The van der Waals surface area contributed by atoms with E-state index >= 15 is 0 Å². The molecule has 1 atom stereocenters. The number of methoxy groups -OCH3 is 1. The van der Waals surface area contributed by atoms with Crippen LogP contribution in [0.15, 0.2) is 48.5 Å². The van der Waals surface area contributed by atoms with Gasteiger partial charge in [-0.05, 0) is 24.6 Å². The third-order valence-electron chi connectivity index (χ3n) is 4.01. The summed E-state index contributed by atoms with van der Waals surface area (Å²) in [5.41, 5.74) is 6.30. The van der Waals surface area contributed by atoms with Crippen LogP contribution in [0.4, 0.5) is 0 Å². The number of ether oxygens (including phenoxy) is 1. The van der Waals surface area contributed by atoms with E-state index in [1.54, 1.807) is 7.11 Å². The second-order valence-corrected chi connectivity index (χ2v) is 8.20. The number of benzene rings is 2. The highest BCUT2D eigenvalue weighted by Gasteiger charge is 2.12. The van der Waals surface area contributed by atoms with Crippen LogP contribution in [0.25, 0.3) is 22.3 Å². The van der Waals surface area contributed by atoms with E-state index in [0.717, 1.165) is 46.1 Å². The summed E-state index contributed by atoms with van der Waals surface area (Å²) in [6, 6.07) is 16.7.